The lowest BCUT2D eigenvalue weighted by Gasteiger charge is -2.34. The number of anilines is 3. The molecule has 3 aromatic rings. The third-order valence-corrected chi connectivity index (χ3v) is 7.69. The number of fused-ring (bicyclic) bond motifs is 1. The predicted octanol–water partition coefficient (Wildman–Crippen LogP) is 4.43. The molecular weight excluding hydrogens is 514 g/mol. The monoisotopic (exact) mass is 547 g/mol. The van der Waals surface area contributed by atoms with Crippen LogP contribution in [-0.2, 0) is 11.8 Å². The van der Waals surface area contributed by atoms with Gasteiger partial charge < -0.3 is 35.1 Å². The largest absolute Gasteiger partial charge is 0.495 e. The number of aliphatic imine (C=N–C) groups is 1. The molecule has 39 heavy (non-hydrogen) atoms. The number of ether oxygens (including phenoxy) is 1. The zero-order valence-corrected chi connectivity index (χ0v) is 23.5. The number of likely N-dealkylation sites (N-methyl/N-ethyl adjacent to an activating group) is 1. The van der Waals surface area contributed by atoms with Crippen molar-refractivity contribution in [2.75, 3.05) is 55.9 Å². The molecule has 3 heterocycles. The van der Waals surface area contributed by atoms with Crippen molar-refractivity contribution >= 4 is 57.1 Å². The van der Waals surface area contributed by atoms with E-state index in [4.69, 9.17) is 21.3 Å². The van der Waals surface area contributed by atoms with Gasteiger partial charge in [0.1, 0.15) is 5.75 Å². The molecule has 1 amide bonds. The van der Waals surface area contributed by atoms with Crippen LogP contribution in [-0.4, -0.2) is 67.7 Å². The maximum absolute atomic E-state index is 11.8. The molecule has 1 saturated heterocycles. The van der Waals surface area contributed by atoms with E-state index in [2.05, 4.69) is 75.4 Å². The molecule has 0 aliphatic carbocycles. The Morgan fingerprint density at radius 1 is 1.18 bits per heavy atom. The third-order valence-electron chi connectivity index (χ3n) is 7.19. The minimum atomic E-state index is -0.295. The van der Waals surface area contributed by atoms with E-state index >= 15 is 0 Å². The number of amides is 1. The lowest BCUT2D eigenvalue weighted by atomic mass is 10.1. The van der Waals surface area contributed by atoms with E-state index in [-0.39, 0.29) is 11.9 Å². The number of aryl methyl sites for hydroxylation is 1. The molecule has 2 aliphatic heterocycles. The average Bonchev–Trinajstić information content (AvgIpc) is 3.26. The van der Waals surface area contributed by atoms with Gasteiger partial charge in [0.15, 0.2) is 0 Å². The Labute approximate surface area is 233 Å². The van der Waals surface area contributed by atoms with Crippen LogP contribution in [0.2, 0.25) is 0 Å². The van der Waals surface area contributed by atoms with Crippen molar-refractivity contribution in [3.63, 3.8) is 0 Å². The number of nitrogens with zero attached hydrogens (tertiary/aromatic N) is 4. The first kappa shape index (κ1) is 26.6. The molecule has 0 bridgehead atoms. The van der Waals surface area contributed by atoms with Gasteiger partial charge in [0.25, 0.3) is 0 Å². The number of guanidine groups is 1. The number of benzene rings is 2. The van der Waals surface area contributed by atoms with Gasteiger partial charge in [-0.15, -0.1) is 0 Å². The van der Waals surface area contributed by atoms with Crippen molar-refractivity contribution in [3.8, 4) is 5.75 Å². The van der Waals surface area contributed by atoms with Gasteiger partial charge in [-0.05, 0) is 50.4 Å². The Bertz CT molecular complexity index is 1480. The second-order valence-electron chi connectivity index (χ2n) is 9.88. The lowest BCUT2D eigenvalue weighted by Crippen LogP contribution is -2.44. The Morgan fingerprint density at radius 2 is 1.95 bits per heavy atom. The van der Waals surface area contributed by atoms with E-state index in [1.165, 1.54) is 11.8 Å². The molecule has 3 N–H and O–H groups in total. The second kappa shape index (κ2) is 11.0. The molecule has 1 atom stereocenters. The van der Waals surface area contributed by atoms with Crippen LogP contribution < -0.4 is 25.6 Å². The van der Waals surface area contributed by atoms with Crippen LogP contribution in [0, 0.1) is 0 Å². The molecule has 10 heteroatoms. The van der Waals surface area contributed by atoms with E-state index in [9.17, 15) is 4.79 Å². The number of halogens is 1. The number of rotatable bonds is 6. The number of methoxy groups -OCH3 is 1. The van der Waals surface area contributed by atoms with Crippen LogP contribution in [0.4, 0.5) is 17.1 Å². The minimum absolute atomic E-state index is 0.264. The fraction of sp³-hybridized carbons (Fsp3) is 0.310. The van der Waals surface area contributed by atoms with Gasteiger partial charge in [-0.25, -0.2) is 4.99 Å². The predicted molar refractivity (Wildman–Crippen MR) is 161 cm³/mol. The molecule has 2 aromatic carbocycles. The quantitative estimate of drug-likeness (QED) is 0.396. The van der Waals surface area contributed by atoms with Gasteiger partial charge in [-0.1, -0.05) is 24.2 Å². The smallest absolute Gasteiger partial charge is 0.247 e. The first-order chi connectivity index (χ1) is 18.8. The summed E-state index contributed by atoms with van der Waals surface area (Å²) in [4.78, 5) is 21.3. The summed E-state index contributed by atoms with van der Waals surface area (Å²) in [5, 5.41) is 11.2. The standard InChI is InChI=1S/C29H34ClN7O2/c1-6-26(38)32-19-7-10-25(39-5)23(15-19)33-29-31-18(2)27(30)28(34-29)22-17-36(4)24-16-20(8-9-21(22)24)37-13-11-35(3)12-14-37/h6-10,15-18H,1,11-14H2,2-5H3,(H,32,38)(H2,31,33,34). The summed E-state index contributed by atoms with van der Waals surface area (Å²) in [5.74, 6) is 0.836. The maximum Gasteiger partial charge on any atom is 0.247 e. The minimum Gasteiger partial charge on any atom is -0.495 e. The zero-order chi connectivity index (χ0) is 27.7. The summed E-state index contributed by atoms with van der Waals surface area (Å²) in [6, 6.07) is 11.7. The van der Waals surface area contributed by atoms with Crippen LogP contribution in [0.3, 0.4) is 0 Å². The Hall–Kier alpha value is -3.95. The molecule has 1 aromatic heterocycles. The molecular formula is C29H34ClN7O2. The Balaban J connectivity index is 1.43. The molecule has 2 aliphatic rings. The van der Waals surface area contributed by atoms with Crippen molar-refractivity contribution in [2.45, 2.75) is 13.0 Å². The van der Waals surface area contributed by atoms with Crippen molar-refractivity contribution in [3.05, 3.63) is 65.8 Å². The summed E-state index contributed by atoms with van der Waals surface area (Å²) in [7, 11) is 5.82. The van der Waals surface area contributed by atoms with E-state index in [0.29, 0.717) is 28.1 Å². The molecule has 1 unspecified atom stereocenters. The summed E-state index contributed by atoms with van der Waals surface area (Å²) < 4.78 is 7.67. The number of hydrogen-bond acceptors (Lipinski definition) is 7. The average molecular weight is 548 g/mol. The molecule has 5 rings (SSSR count). The van der Waals surface area contributed by atoms with E-state index < -0.39 is 0 Å². The fourth-order valence-corrected chi connectivity index (χ4v) is 5.16. The highest BCUT2D eigenvalue weighted by molar-refractivity contribution is 6.34. The highest BCUT2D eigenvalue weighted by atomic mass is 35.5. The van der Waals surface area contributed by atoms with Crippen LogP contribution in [0.5, 0.6) is 5.75 Å². The lowest BCUT2D eigenvalue weighted by molar-refractivity contribution is -0.111. The first-order valence-corrected chi connectivity index (χ1v) is 13.3. The normalized spacial score (nSPS) is 18.0. The van der Waals surface area contributed by atoms with E-state index in [0.717, 1.165) is 48.3 Å². The van der Waals surface area contributed by atoms with Gasteiger partial charge in [-0.3, -0.25) is 4.79 Å². The summed E-state index contributed by atoms with van der Waals surface area (Å²) >= 11 is 6.85. The number of piperazine rings is 1. The molecule has 0 radical (unpaired) electrons. The molecule has 0 spiro atoms. The first-order valence-electron chi connectivity index (χ1n) is 12.9. The Morgan fingerprint density at radius 3 is 2.67 bits per heavy atom. The van der Waals surface area contributed by atoms with Gasteiger partial charge in [-0.2, -0.15) is 0 Å². The SMILES string of the molecule is C=CC(=O)Nc1ccc(OC)c(NC2=NC(C)C(Cl)=C(c3cn(C)c4cc(N5CCN(C)CC5)ccc34)N2)c1. The van der Waals surface area contributed by atoms with Crippen LogP contribution in [0.1, 0.15) is 12.5 Å². The van der Waals surface area contributed by atoms with Crippen molar-refractivity contribution in [2.24, 2.45) is 12.0 Å². The summed E-state index contributed by atoms with van der Waals surface area (Å²) in [6.07, 6.45) is 3.33. The second-order valence-corrected chi connectivity index (χ2v) is 10.3. The molecule has 204 valence electrons. The molecule has 0 saturated carbocycles. The van der Waals surface area contributed by atoms with E-state index in [1.54, 1.807) is 25.3 Å². The van der Waals surface area contributed by atoms with Crippen molar-refractivity contribution in [1.29, 1.82) is 0 Å². The number of carbonyl (C=O) groups excluding carboxylic acids is 1. The number of carbonyl (C=O) groups is 1. The fourth-order valence-electron chi connectivity index (χ4n) is 4.97. The number of hydrogen-bond donors (Lipinski definition) is 3. The van der Waals surface area contributed by atoms with Crippen LogP contribution >= 0.6 is 11.6 Å². The third kappa shape index (κ3) is 5.46. The van der Waals surface area contributed by atoms with Gasteiger partial charge in [0, 0.05) is 61.7 Å². The molecule has 9 nitrogen and oxygen atoms in total. The van der Waals surface area contributed by atoms with Gasteiger partial charge >= 0.3 is 0 Å². The van der Waals surface area contributed by atoms with Crippen molar-refractivity contribution in [1.82, 2.24) is 14.8 Å². The zero-order valence-electron chi connectivity index (χ0n) is 22.7. The topological polar surface area (TPSA) is 86.2 Å². The highest BCUT2D eigenvalue weighted by Gasteiger charge is 2.25. The van der Waals surface area contributed by atoms with Crippen LogP contribution in [0.15, 0.2) is 65.3 Å². The van der Waals surface area contributed by atoms with Gasteiger partial charge in [0.2, 0.25) is 11.9 Å². The number of aromatic nitrogens is 1. The Kier molecular flexibility index (Phi) is 7.54. The summed E-state index contributed by atoms with van der Waals surface area (Å²) in [5.41, 5.74) is 5.42. The number of nitrogens with one attached hydrogen (secondary N) is 3. The van der Waals surface area contributed by atoms with E-state index in [1.807, 2.05) is 6.92 Å². The van der Waals surface area contributed by atoms with Crippen molar-refractivity contribution < 1.29 is 9.53 Å². The highest BCUT2D eigenvalue weighted by Crippen LogP contribution is 2.35. The van der Waals surface area contributed by atoms with Gasteiger partial charge in [0.05, 0.1) is 35.1 Å². The molecule has 1 fully saturated rings. The maximum atomic E-state index is 11.8. The summed E-state index contributed by atoms with van der Waals surface area (Å²) in [6.45, 7) is 9.62. The van der Waals surface area contributed by atoms with Crippen LogP contribution in [0.25, 0.3) is 16.6 Å².